The van der Waals surface area contributed by atoms with E-state index in [9.17, 15) is 4.79 Å². The second kappa shape index (κ2) is 9.85. The van der Waals surface area contributed by atoms with Crippen LogP contribution < -0.4 is 10.1 Å². The molecular weight excluding hydrogens is 394 g/mol. The van der Waals surface area contributed by atoms with Crippen LogP contribution in [0.4, 0.5) is 0 Å². The number of hydrogen-bond acceptors (Lipinski definition) is 4. The van der Waals surface area contributed by atoms with E-state index in [4.69, 9.17) is 9.72 Å². The highest BCUT2D eigenvalue weighted by Crippen LogP contribution is 2.28. The highest BCUT2D eigenvalue weighted by atomic mass is 32.2. The van der Waals surface area contributed by atoms with E-state index in [-0.39, 0.29) is 5.91 Å². The molecule has 1 aliphatic rings. The summed E-state index contributed by atoms with van der Waals surface area (Å²) in [5.41, 5.74) is 2.93. The molecule has 30 heavy (non-hydrogen) atoms. The fourth-order valence-electron chi connectivity index (χ4n) is 3.79. The summed E-state index contributed by atoms with van der Waals surface area (Å²) in [5, 5.41) is 3.99. The maximum Gasteiger partial charge on any atom is 0.230 e. The first-order valence-corrected chi connectivity index (χ1v) is 11.4. The molecule has 1 aliphatic carbocycles. The van der Waals surface area contributed by atoms with E-state index in [1.807, 2.05) is 65.4 Å². The molecule has 0 saturated heterocycles. The molecule has 1 fully saturated rings. The number of amides is 1. The largest absolute Gasteiger partial charge is 0.497 e. The van der Waals surface area contributed by atoms with Gasteiger partial charge in [-0.15, -0.1) is 0 Å². The van der Waals surface area contributed by atoms with Gasteiger partial charge in [-0.3, -0.25) is 9.36 Å². The van der Waals surface area contributed by atoms with Crippen LogP contribution in [0.15, 0.2) is 66.0 Å². The third kappa shape index (κ3) is 5.05. The van der Waals surface area contributed by atoms with Crippen molar-refractivity contribution in [1.82, 2.24) is 14.9 Å². The van der Waals surface area contributed by atoms with Gasteiger partial charge in [0, 0.05) is 23.5 Å². The summed E-state index contributed by atoms with van der Waals surface area (Å²) in [7, 11) is 1.66. The molecule has 5 nitrogen and oxygen atoms in total. The van der Waals surface area contributed by atoms with Crippen molar-refractivity contribution in [2.45, 2.75) is 43.3 Å². The summed E-state index contributed by atoms with van der Waals surface area (Å²) < 4.78 is 7.32. The van der Waals surface area contributed by atoms with Gasteiger partial charge in [0.25, 0.3) is 0 Å². The van der Waals surface area contributed by atoms with Crippen LogP contribution in [0.25, 0.3) is 16.9 Å². The maximum absolute atomic E-state index is 12.5. The molecule has 6 heteroatoms. The first-order valence-electron chi connectivity index (χ1n) is 10.4. The fourth-order valence-corrected chi connectivity index (χ4v) is 4.59. The molecule has 0 radical (unpaired) electrons. The first-order chi connectivity index (χ1) is 14.7. The number of aromatic nitrogens is 2. The first kappa shape index (κ1) is 20.5. The predicted octanol–water partition coefficient (Wildman–Crippen LogP) is 5.09. The highest BCUT2D eigenvalue weighted by Gasteiger charge is 2.18. The molecule has 1 heterocycles. The van der Waals surface area contributed by atoms with E-state index >= 15 is 0 Å². The Hall–Kier alpha value is -2.73. The van der Waals surface area contributed by atoms with E-state index in [0.29, 0.717) is 11.8 Å². The Morgan fingerprint density at radius 1 is 1.10 bits per heavy atom. The van der Waals surface area contributed by atoms with Crippen LogP contribution >= 0.6 is 11.8 Å². The number of rotatable bonds is 7. The topological polar surface area (TPSA) is 56.2 Å². The number of carbonyl (C=O) groups is 1. The van der Waals surface area contributed by atoms with Crippen LogP contribution in [-0.4, -0.2) is 34.4 Å². The lowest BCUT2D eigenvalue weighted by molar-refractivity contribution is -0.119. The number of benzene rings is 2. The van der Waals surface area contributed by atoms with Gasteiger partial charge in [-0.05, 0) is 37.1 Å². The fraction of sp³-hybridized carbons (Fsp3) is 0.333. The number of thioether (sulfide) groups is 1. The Bertz CT molecular complexity index is 964. The van der Waals surface area contributed by atoms with E-state index in [1.165, 1.54) is 31.0 Å². The van der Waals surface area contributed by atoms with Crippen LogP contribution in [0.1, 0.15) is 32.1 Å². The van der Waals surface area contributed by atoms with E-state index in [0.717, 1.165) is 40.7 Å². The second-order valence-corrected chi connectivity index (χ2v) is 8.48. The zero-order valence-electron chi connectivity index (χ0n) is 17.2. The van der Waals surface area contributed by atoms with Crippen LogP contribution in [0, 0.1) is 0 Å². The zero-order valence-corrected chi connectivity index (χ0v) is 18.0. The highest BCUT2D eigenvalue weighted by molar-refractivity contribution is 7.99. The van der Waals surface area contributed by atoms with Crippen LogP contribution in [0.3, 0.4) is 0 Å². The Balaban J connectivity index is 1.53. The molecule has 3 aromatic rings. The smallest absolute Gasteiger partial charge is 0.230 e. The Morgan fingerprint density at radius 3 is 2.53 bits per heavy atom. The summed E-state index contributed by atoms with van der Waals surface area (Å²) in [6.07, 6.45) is 7.91. The molecular formula is C24H27N3O2S. The quantitative estimate of drug-likeness (QED) is 0.540. The third-order valence-electron chi connectivity index (χ3n) is 5.40. The minimum absolute atomic E-state index is 0.0810. The van der Waals surface area contributed by atoms with Crippen molar-refractivity contribution in [2.75, 3.05) is 12.9 Å². The number of carbonyl (C=O) groups excluding carboxylic acids is 1. The van der Waals surface area contributed by atoms with Gasteiger partial charge in [0.1, 0.15) is 5.75 Å². The number of imidazole rings is 1. The van der Waals surface area contributed by atoms with Gasteiger partial charge in [0.15, 0.2) is 5.16 Å². The van der Waals surface area contributed by atoms with Crippen LogP contribution in [0.2, 0.25) is 0 Å². The Kier molecular flexibility index (Phi) is 6.74. The summed E-state index contributed by atoms with van der Waals surface area (Å²) in [6.45, 7) is 0. The van der Waals surface area contributed by atoms with Crippen LogP contribution in [-0.2, 0) is 4.79 Å². The number of nitrogens with one attached hydrogen (secondary N) is 1. The Morgan fingerprint density at radius 2 is 1.83 bits per heavy atom. The second-order valence-electron chi connectivity index (χ2n) is 7.53. The summed E-state index contributed by atoms with van der Waals surface area (Å²) >= 11 is 1.47. The van der Waals surface area contributed by atoms with Gasteiger partial charge < -0.3 is 10.1 Å². The van der Waals surface area contributed by atoms with Crippen molar-refractivity contribution in [2.24, 2.45) is 0 Å². The van der Waals surface area contributed by atoms with Gasteiger partial charge in [0.05, 0.1) is 18.6 Å². The molecule has 1 aromatic heterocycles. The van der Waals surface area contributed by atoms with Gasteiger partial charge in [0.2, 0.25) is 5.91 Å². The summed E-state index contributed by atoms with van der Waals surface area (Å²) in [4.78, 5) is 17.3. The molecule has 2 aromatic carbocycles. The molecule has 156 valence electrons. The van der Waals surface area contributed by atoms with Crippen molar-refractivity contribution in [3.8, 4) is 22.7 Å². The lowest BCUT2D eigenvalue weighted by atomic mass is 9.95. The molecule has 4 rings (SSSR count). The van der Waals surface area contributed by atoms with Crippen molar-refractivity contribution < 1.29 is 9.53 Å². The molecule has 0 atom stereocenters. The average molecular weight is 422 g/mol. The SMILES string of the molecule is COc1ccc(-n2cc(-c3ccccc3)nc2SCC(=O)NC2CCCCC2)cc1. The minimum Gasteiger partial charge on any atom is -0.497 e. The lowest BCUT2D eigenvalue weighted by Gasteiger charge is -2.22. The predicted molar refractivity (Wildman–Crippen MR) is 121 cm³/mol. The van der Waals surface area contributed by atoms with Gasteiger partial charge >= 0.3 is 0 Å². The lowest BCUT2D eigenvalue weighted by Crippen LogP contribution is -2.37. The number of hydrogen-bond donors (Lipinski definition) is 1. The van der Waals surface area contributed by atoms with Crippen molar-refractivity contribution in [3.05, 3.63) is 60.8 Å². The number of methoxy groups -OCH3 is 1. The van der Waals surface area contributed by atoms with Gasteiger partial charge in [-0.25, -0.2) is 4.98 Å². The normalized spacial score (nSPS) is 14.4. The summed E-state index contributed by atoms with van der Waals surface area (Å²) in [5.74, 6) is 1.25. The zero-order chi connectivity index (χ0) is 20.8. The molecule has 0 bridgehead atoms. The molecule has 1 N–H and O–H groups in total. The molecule has 0 aliphatic heterocycles. The molecule has 1 amide bonds. The van der Waals surface area contributed by atoms with Gasteiger partial charge in [-0.1, -0.05) is 61.4 Å². The van der Waals surface area contributed by atoms with Crippen molar-refractivity contribution in [1.29, 1.82) is 0 Å². The van der Waals surface area contributed by atoms with Crippen LogP contribution in [0.5, 0.6) is 5.75 Å². The van der Waals surface area contributed by atoms with Crippen molar-refractivity contribution in [3.63, 3.8) is 0 Å². The van der Waals surface area contributed by atoms with Gasteiger partial charge in [-0.2, -0.15) is 0 Å². The van der Waals surface area contributed by atoms with E-state index in [2.05, 4.69) is 5.32 Å². The Labute approximate surface area is 181 Å². The van der Waals surface area contributed by atoms with E-state index < -0.39 is 0 Å². The third-order valence-corrected chi connectivity index (χ3v) is 6.35. The molecule has 0 unspecified atom stereocenters. The molecule has 1 saturated carbocycles. The van der Waals surface area contributed by atoms with Crippen molar-refractivity contribution >= 4 is 17.7 Å². The monoisotopic (exact) mass is 421 g/mol. The standard InChI is InChI=1S/C24H27N3O2S/c1-29-21-14-12-20(13-15-21)27-16-22(18-8-4-2-5-9-18)26-24(27)30-17-23(28)25-19-10-6-3-7-11-19/h2,4-5,8-9,12-16,19H,3,6-7,10-11,17H2,1H3,(H,25,28). The molecule has 0 spiro atoms. The maximum atomic E-state index is 12.5. The average Bonchev–Trinajstić information content (AvgIpc) is 3.23. The minimum atomic E-state index is 0.0810. The number of nitrogens with zero attached hydrogens (tertiary/aromatic N) is 2. The summed E-state index contributed by atoms with van der Waals surface area (Å²) in [6, 6.07) is 18.3. The number of ether oxygens (including phenoxy) is 1. The van der Waals surface area contributed by atoms with E-state index in [1.54, 1.807) is 7.11 Å².